The molecule has 0 aliphatic heterocycles. The van der Waals surface area contributed by atoms with Gasteiger partial charge in [-0.15, -0.1) is 0 Å². The van der Waals surface area contributed by atoms with Crippen LogP contribution in [0.5, 0.6) is 0 Å². The summed E-state index contributed by atoms with van der Waals surface area (Å²) in [5.74, 6) is -0.189. The highest BCUT2D eigenvalue weighted by Crippen LogP contribution is 2.23. The summed E-state index contributed by atoms with van der Waals surface area (Å²) < 4.78 is 0. The van der Waals surface area contributed by atoms with E-state index in [1.807, 2.05) is 26.0 Å². The van der Waals surface area contributed by atoms with Crippen LogP contribution >= 0.6 is 23.2 Å². The molecule has 0 radical (unpaired) electrons. The van der Waals surface area contributed by atoms with Crippen LogP contribution in [-0.4, -0.2) is 5.91 Å². The number of carbonyl (C=O) groups is 1. The van der Waals surface area contributed by atoms with E-state index in [0.717, 1.165) is 22.4 Å². The molecule has 0 aliphatic carbocycles. The first-order valence-corrected chi connectivity index (χ1v) is 7.22. The van der Waals surface area contributed by atoms with Crippen molar-refractivity contribution in [2.24, 2.45) is 0 Å². The molecular formula is C17H15Cl2NO. The first-order valence-electron chi connectivity index (χ1n) is 6.46. The monoisotopic (exact) mass is 319 g/mol. The third-order valence-corrected chi connectivity index (χ3v) is 3.60. The molecule has 0 bridgehead atoms. The lowest BCUT2D eigenvalue weighted by molar-refractivity contribution is -0.111. The fourth-order valence-corrected chi connectivity index (χ4v) is 2.33. The van der Waals surface area contributed by atoms with Crippen molar-refractivity contribution in [2.45, 2.75) is 13.8 Å². The van der Waals surface area contributed by atoms with Crippen LogP contribution in [0.2, 0.25) is 10.0 Å². The molecule has 0 atom stereocenters. The van der Waals surface area contributed by atoms with Crippen LogP contribution < -0.4 is 5.32 Å². The topological polar surface area (TPSA) is 29.1 Å². The Bertz CT molecular complexity index is 688. The molecule has 0 heterocycles. The Morgan fingerprint density at radius 2 is 1.67 bits per heavy atom. The summed E-state index contributed by atoms with van der Waals surface area (Å²) in [5.41, 5.74) is 3.83. The Morgan fingerprint density at radius 1 is 1.00 bits per heavy atom. The lowest BCUT2D eigenvalue weighted by atomic mass is 10.1. The number of aryl methyl sites for hydroxylation is 2. The van der Waals surface area contributed by atoms with Gasteiger partial charge in [-0.05, 0) is 60.9 Å². The predicted octanol–water partition coefficient (Wildman–Crippen LogP) is 5.26. The molecule has 4 heteroatoms. The maximum Gasteiger partial charge on any atom is 0.248 e. The first kappa shape index (κ1) is 15.6. The Hall–Kier alpha value is -1.77. The van der Waals surface area contributed by atoms with Crippen LogP contribution in [0, 0.1) is 13.8 Å². The maximum absolute atomic E-state index is 11.9. The van der Waals surface area contributed by atoms with Crippen molar-refractivity contribution in [3.05, 3.63) is 69.2 Å². The molecule has 0 unspecified atom stereocenters. The Balaban J connectivity index is 2.07. The van der Waals surface area contributed by atoms with Gasteiger partial charge in [0.05, 0.1) is 10.0 Å². The zero-order valence-electron chi connectivity index (χ0n) is 11.8. The van der Waals surface area contributed by atoms with Crippen LogP contribution in [0.25, 0.3) is 6.08 Å². The fraction of sp³-hybridized carbons (Fsp3) is 0.118. The van der Waals surface area contributed by atoms with E-state index in [1.54, 1.807) is 24.3 Å². The van der Waals surface area contributed by atoms with Crippen molar-refractivity contribution in [2.75, 3.05) is 5.32 Å². The van der Waals surface area contributed by atoms with Gasteiger partial charge in [-0.25, -0.2) is 0 Å². The van der Waals surface area contributed by atoms with Gasteiger partial charge in [-0.1, -0.05) is 35.3 Å². The van der Waals surface area contributed by atoms with E-state index < -0.39 is 0 Å². The third-order valence-electron chi connectivity index (χ3n) is 2.86. The second kappa shape index (κ2) is 6.79. The number of halogens is 2. The molecule has 2 aromatic carbocycles. The lowest BCUT2D eigenvalue weighted by Crippen LogP contribution is -2.08. The molecule has 2 rings (SSSR count). The molecule has 0 fully saturated rings. The first-order chi connectivity index (χ1) is 9.94. The number of hydrogen-bond donors (Lipinski definition) is 1. The number of carbonyl (C=O) groups excluding carboxylic acids is 1. The molecule has 2 nitrogen and oxygen atoms in total. The minimum absolute atomic E-state index is 0.189. The van der Waals surface area contributed by atoms with E-state index in [4.69, 9.17) is 23.2 Å². The Kier molecular flexibility index (Phi) is 5.05. The molecule has 1 amide bonds. The molecule has 0 aliphatic rings. The minimum Gasteiger partial charge on any atom is -0.322 e. The third kappa shape index (κ3) is 4.62. The quantitative estimate of drug-likeness (QED) is 0.768. The lowest BCUT2D eigenvalue weighted by Gasteiger charge is -2.05. The van der Waals surface area contributed by atoms with Gasteiger partial charge in [0.1, 0.15) is 0 Å². The van der Waals surface area contributed by atoms with Crippen molar-refractivity contribution in [1.29, 1.82) is 0 Å². The van der Waals surface area contributed by atoms with Crippen LogP contribution in [0.15, 0.2) is 42.5 Å². The van der Waals surface area contributed by atoms with E-state index in [1.165, 1.54) is 6.08 Å². The molecule has 0 spiro atoms. The van der Waals surface area contributed by atoms with E-state index in [9.17, 15) is 4.79 Å². The largest absolute Gasteiger partial charge is 0.322 e. The van der Waals surface area contributed by atoms with Crippen molar-refractivity contribution in [3.63, 3.8) is 0 Å². The van der Waals surface area contributed by atoms with Crippen LogP contribution in [0.3, 0.4) is 0 Å². The number of benzene rings is 2. The summed E-state index contributed by atoms with van der Waals surface area (Å²) in [7, 11) is 0. The molecule has 1 N–H and O–H groups in total. The number of rotatable bonds is 3. The van der Waals surface area contributed by atoms with Gasteiger partial charge >= 0.3 is 0 Å². The van der Waals surface area contributed by atoms with Gasteiger partial charge in [0.2, 0.25) is 5.91 Å². The molecule has 0 saturated carbocycles. The van der Waals surface area contributed by atoms with Crippen LogP contribution in [0.4, 0.5) is 5.69 Å². The second-order valence-corrected chi connectivity index (χ2v) is 5.69. The summed E-state index contributed by atoms with van der Waals surface area (Å²) in [6, 6.07) is 11.1. The zero-order valence-corrected chi connectivity index (χ0v) is 13.3. The normalized spacial score (nSPS) is 10.9. The smallest absolute Gasteiger partial charge is 0.248 e. The van der Waals surface area contributed by atoms with Gasteiger partial charge in [0.25, 0.3) is 0 Å². The number of hydrogen-bond acceptors (Lipinski definition) is 1. The fourth-order valence-electron chi connectivity index (χ4n) is 2.02. The highest BCUT2D eigenvalue weighted by atomic mass is 35.5. The van der Waals surface area contributed by atoms with E-state index in [-0.39, 0.29) is 5.91 Å². The van der Waals surface area contributed by atoms with Crippen molar-refractivity contribution in [1.82, 2.24) is 0 Å². The highest BCUT2D eigenvalue weighted by molar-refractivity contribution is 6.42. The zero-order chi connectivity index (χ0) is 15.4. The van der Waals surface area contributed by atoms with Gasteiger partial charge in [0.15, 0.2) is 0 Å². The minimum atomic E-state index is -0.189. The number of amides is 1. The standard InChI is InChI=1S/C17H15Cl2NO/c1-11-7-12(2)9-14(8-11)20-17(21)6-4-13-3-5-15(18)16(19)10-13/h3-10H,1-2H3,(H,20,21). The average Bonchev–Trinajstić information content (AvgIpc) is 2.39. The SMILES string of the molecule is Cc1cc(C)cc(NC(=O)C=Cc2ccc(Cl)c(Cl)c2)c1. The summed E-state index contributed by atoms with van der Waals surface area (Å²) in [5, 5.41) is 3.80. The van der Waals surface area contributed by atoms with E-state index in [2.05, 4.69) is 11.4 Å². The maximum atomic E-state index is 11.9. The Morgan fingerprint density at radius 3 is 2.29 bits per heavy atom. The summed E-state index contributed by atoms with van der Waals surface area (Å²) >= 11 is 11.8. The summed E-state index contributed by atoms with van der Waals surface area (Å²) in [6.45, 7) is 3.99. The number of nitrogens with one attached hydrogen (secondary N) is 1. The van der Waals surface area contributed by atoms with Crippen LogP contribution in [-0.2, 0) is 4.79 Å². The highest BCUT2D eigenvalue weighted by Gasteiger charge is 2.01. The van der Waals surface area contributed by atoms with Gasteiger partial charge < -0.3 is 5.32 Å². The Labute approximate surface area is 134 Å². The predicted molar refractivity (Wildman–Crippen MR) is 90.0 cm³/mol. The van der Waals surface area contributed by atoms with Crippen molar-refractivity contribution >= 4 is 40.9 Å². The van der Waals surface area contributed by atoms with Crippen LogP contribution in [0.1, 0.15) is 16.7 Å². The van der Waals surface area contributed by atoms with Gasteiger partial charge in [-0.2, -0.15) is 0 Å². The second-order valence-electron chi connectivity index (χ2n) is 4.87. The van der Waals surface area contributed by atoms with E-state index >= 15 is 0 Å². The summed E-state index contributed by atoms with van der Waals surface area (Å²) in [4.78, 5) is 11.9. The molecule has 108 valence electrons. The van der Waals surface area contributed by atoms with E-state index in [0.29, 0.717) is 10.0 Å². The van der Waals surface area contributed by atoms with Gasteiger partial charge in [-0.3, -0.25) is 4.79 Å². The average molecular weight is 320 g/mol. The molecule has 2 aromatic rings. The molecule has 0 saturated heterocycles. The van der Waals surface area contributed by atoms with Gasteiger partial charge in [0, 0.05) is 11.8 Å². The number of anilines is 1. The molecular weight excluding hydrogens is 305 g/mol. The van der Waals surface area contributed by atoms with Crippen molar-refractivity contribution < 1.29 is 4.79 Å². The molecule has 21 heavy (non-hydrogen) atoms. The summed E-state index contributed by atoms with van der Waals surface area (Å²) in [6.07, 6.45) is 3.16. The van der Waals surface area contributed by atoms with Crippen molar-refractivity contribution in [3.8, 4) is 0 Å². The molecule has 0 aromatic heterocycles.